The molecule has 0 saturated carbocycles. The molecule has 1 aliphatic heterocycles. The number of rotatable bonds is 5. The van der Waals surface area contributed by atoms with Crippen LogP contribution in [0.15, 0.2) is 0 Å². The van der Waals surface area contributed by atoms with Gasteiger partial charge in [-0.05, 0) is 14.0 Å². The van der Waals surface area contributed by atoms with Gasteiger partial charge in [0.25, 0.3) is 0 Å². The van der Waals surface area contributed by atoms with Crippen LogP contribution in [0, 0.1) is 5.92 Å². The monoisotopic (exact) mass is 317 g/mol. The van der Waals surface area contributed by atoms with Gasteiger partial charge in [0.2, 0.25) is 11.8 Å². The van der Waals surface area contributed by atoms with E-state index in [9.17, 15) is 22.8 Å². The molecule has 0 aliphatic carbocycles. The fourth-order valence-electron chi connectivity index (χ4n) is 1.82. The van der Waals surface area contributed by atoms with Crippen molar-refractivity contribution in [2.24, 2.45) is 5.92 Å². The first-order valence-corrected chi connectivity index (χ1v) is 6.02. The molecule has 0 spiro atoms. The standard InChI is InChI=1S/C11H18F3N3O2.ClH/c1-7(15-2)4-16-10(19)8-3-9(18)17(5-8)6-11(12,13)14;/h7-8,15H,3-6H2,1-2H3,(H,16,19);1H. The summed E-state index contributed by atoms with van der Waals surface area (Å²) >= 11 is 0. The molecule has 20 heavy (non-hydrogen) atoms. The highest BCUT2D eigenvalue weighted by Crippen LogP contribution is 2.23. The average Bonchev–Trinajstić information content (AvgIpc) is 2.65. The number of carbonyl (C=O) groups excluding carboxylic acids is 2. The predicted octanol–water partition coefficient (Wildman–Crippen LogP) is 0.543. The highest BCUT2D eigenvalue weighted by molar-refractivity contribution is 5.89. The van der Waals surface area contributed by atoms with Crippen molar-refractivity contribution in [3.8, 4) is 0 Å². The molecular formula is C11H19ClF3N3O2. The van der Waals surface area contributed by atoms with Gasteiger partial charge in [-0.2, -0.15) is 13.2 Å². The van der Waals surface area contributed by atoms with Gasteiger partial charge >= 0.3 is 6.18 Å². The summed E-state index contributed by atoms with van der Waals surface area (Å²) in [6.07, 6.45) is -4.59. The van der Waals surface area contributed by atoms with E-state index in [1.807, 2.05) is 6.92 Å². The number of halogens is 4. The van der Waals surface area contributed by atoms with Gasteiger partial charge in [0.15, 0.2) is 0 Å². The molecule has 2 amide bonds. The maximum absolute atomic E-state index is 12.2. The molecule has 2 N–H and O–H groups in total. The fraction of sp³-hybridized carbons (Fsp3) is 0.818. The van der Waals surface area contributed by atoms with Crippen molar-refractivity contribution in [3.05, 3.63) is 0 Å². The Kier molecular flexibility index (Phi) is 7.29. The van der Waals surface area contributed by atoms with Gasteiger partial charge in [0.05, 0.1) is 5.92 Å². The quantitative estimate of drug-likeness (QED) is 0.778. The predicted molar refractivity (Wildman–Crippen MR) is 69.5 cm³/mol. The Morgan fingerprint density at radius 3 is 2.60 bits per heavy atom. The molecule has 1 fully saturated rings. The lowest BCUT2D eigenvalue weighted by Crippen LogP contribution is -2.41. The minimum absolute atomic E-state index is 0. The van der Waals surface area contributed by atoms with Crippen molar-refractivity contribution >= 4 is 24.2 Å². The van der Waals surface area contributed by atoms with E-state index < -0.39 is 24.5 Å². The third-order valence-electron chi connectivity index (χ3n) is 3.03. The first kappa shape index (κ1) is 19.0. The van der Waals surface area contributed by atoms with Crippen LogP contribution in [0.25, 0.3) is 0 Å². The number of hydrogen-bond donors (Lipinski definition) is 2. The smallest absolute Gasteiger partial charge is 0.354 e. The van der Waals surface area contributed by atoms with Crippen LogP contribution in [-0.2, 0) is 9.59 Å². The molecule has 1 heterocycles. The maximum Gasteiger partial charge on any atom is 0.406 e. The van der Waals surface area contributed by atoms with Crippen molar-refractivity contribution < 1.29 is 22.8 Å². The van der Waals surface area contributed by atoms with Crippen LogP contribution in [0.4, 0.5) is 13.2 Å². The Balaban J connectivity index is 0.00000361. The number of likely N-dealkylation sites (N-methyl/N-ethyl adjacent to an activating group) is 1. The normalized spacial score (nSPS) is 20.6. The Morgan fingerprint density at radius 2 is 2.10 bits per heavy atom. The minimum Gasteiger partial charge on any atom is -0.354 e. The SMILES string of the molecule is CNC(C)CNC(=O)C1CC(=O)N(CC(F)(F)F)C1.Cl. The van der Waals surface area contributed by atoms with E-state index in [0.717, 1.165) is 0 Å². The van der Waals surface area contributed by atoms with E-state index >= 15 is 0 Å². The lowest BCUT2D eigenvalue weighted by Gasteiger charge is -2.18. The second-order valence-electron chi connectivity index (χ2n) is 4.73. The van der Waals surface area contributed by atoms with E-state index in [2.05, 4.69) is 10.6 Å². The number of carbonyl (C=O) groups is 2. The number of alkyl halides is 3. The second-order valence-corrected chi connectivity index (χ2v) is 4.73. The summed E-state index contributed by atoms with van der Waals surface area (Å²) in [6, 6.07) is 0.0623. The number of nitrogens with zero attached hydrogens (tertiary/aromatic N) is 1. The number of likely N-dealkylation sites (tertiary alicyclic amines) is 1. The molecule has 0 radical (unpaired) electrons. The molecule has 0 aromatic rings. The molecule has 118 valence electrons. The molecule has 5 nitrogen and oxygen atoms in total. The van der Waals surface area contributed by atoms with E-state index in [1.165, 1.54) is 0 Å². The van der Waals surface area contributed by atoms with E-state index in [4.69, 9.17) is 0 Å². The molecular weight excluding hydrogens is 299 g/mol. The number of hydrogen-bond acceptors (Lipinski definition) is 3. The Labute approximate surface area is 121 Å². The van der Waals surface area contributed by atoms with Crippen LogP contribution < -0.4 is 10.6 Å². The Hall–Kier alpha value is -1.02. The highest BCUT2D eigenvalue weighted by atomic mass is 35.5. The first-order valence-electron chi connectivity index (χ1n) is 6.02. The van der Waals surface area contributed by atoms with Gasteiger partial charge in [-0.15, -0.1) is 12.4 Å². The van der Waals surface area contributed by atoms with Crippen LogP contribution >= 0.6 is 12.4 Å². The summed E-state index contributed by atoms with van der Waals surface area (Å²) in [6.45, 7) is 0.774. The summed E-state index contributed by atoms with van der Waals surface area (Å²) in [7, 11) is 1.74. The molecule has 0 aromatic heterocycles. The van der Waals surface area contributed by atoms with Crippen LogP contribution in [0.2, 0.25) is 0 Å². The van der Waals surface area contributed by atoms with Gasteiger partial charge in [-0.1, -0.05) is 0 Å². The molecule has 0 bridgehead atoms. The van der Waals surface area contributed by atoms with Gasteiger partial charge in [0, 0.05) is 25.6 Å². The Bertz CT molecular complexity index is 352. The molecule has 1 rings (SSSR count). The van der Waals surface area contributed by atoms with Gasteiger partial charge in [-0.3, -0.25) is 9.59 Å². The number of nitrogens with one attached hydrogen (secondary N) is 2. The van der Waals surface area contributed by atoms with Gasteiger partial charge < -0.3 is 15.5 Å². The van der Waals surface area contributed by atoms with Gasteiger partial charge in [0.1, 0.15) is 6.54 Å². The molecule has 1 saturated heterocycles. The zero-order valence-electron chi connectivity index (χ0n) is 11.3. The van der Waals surface area contributed by atoms with E-state index in [-0.39, 0.29) is 37.3 Å². The molecule has 0 aromatic carbocycles. The first-order chi connectivity index (χ1) is 8.73. The van der Waals surface area contributed by atoms with Crippen molar-refractivity contribution in [2.75, 3.05) is 26.7 Å². The zero-order valence-corrected chi connectivity index (χ0v) is 12.1. The van der Waals surface area contributed by atoms with Crippen LogP contribution in [-0.4, -0.2) is 55.6 Å². The largest absolute Gasteiger partial charge is 0.406 e. The average molecular weight is 318 g/mol. The maximum atomic E-state index is 12.2. The van der Waals surface area contributed by atoms with Gasteiger partial charge in [-0.25, -0.2) is 0 Å². The third kappa shape index (κ3) is 5.96. The highest BCUT2D eigenvalue weighted by Gasteiger charge is 2.40. The summed E-state index contributed by atoms with van der Waals surface area (Å²) in [4.78, 5) is 23.8. The minimum atomic E-state index is -4.43. The Morgan fingerprint density at radius 1 is 1.50 bits per heavy atom. The van der Waals surface area contributed by atoms with Crippen molar-refractivity contribution in [1.82, 2.24) is 15.5 Å². The summed E-state index contributed by atoms with van der Waals surface area (Å²) in [5.74, 6) is -1.70. The molecule has 2 unspecified atom stereocenters. The topological polar surface area (TPSA) is 61.4 Å². The summed E-state index contributed by atoms with van der Waals surface area (Å²) in [5.41, 5.74) is 0. The van der Waals surface area contributed by atoms with Crippen molar-refractivity contribution in [3.63, 3.8) is 0 Å². The summed E-state index contributed by atoms with van der Waals surface area (Å²) in [5, 5.41) is 5.54. The number of amides is 2. The summed E-state index contributed by atoms with van der Waals surface area (Å²) < 4.78 is 36.6. The molecule has 9 heteroatoms. The van der Waals surface area contributed by atoms with E-state index in [0.29, 0.717) is 11.4 Å². The van der Waals surface area contributed by atoms with Crippen LogP contribution in [0.3, 0.4) is 0 Å². The third-order valence-corrected chi connectivity index (χ3v) is 3.03. The lowest BCUT2D eigenvalue weighted by atomic mass is 10.1. The van der Waals surface area contributed by atoms with Crippen molar-refractivity contribution in [1.29, 1.82) is 0 Å². The lowest BCUT2D eigenvalue weighted by molar-refractivity contribution is -0.157. The van der Waals surface area contributed by atoms with Crippen LogP contribution in [0.1, 0.15) is 13.3 Å². The fourth-order valence-corrected chi connectivity index (χ4v) is 1.82. The second kappa shape index (κ2) is 7.68. The van der Waals surface area contributed by atoms with Crippen LogP contribution in [0.5, 0.6) is 0 Å². The molecule has 2 atom stereocenters. The zero-order chi connectivity index (χ0) is 14.6. The van der Waals surface area contributed by atoms with E-state index in [1.54, 1.807) is 7.05 Å². The molecule has 1 aliphatic rings. The van der Waals surface area contributed by atoms with Crippen molar-refractivity contribution in [2.45, 2.75) is 25.6 Å².